The van der Waals surface area contributed by atoms with Crippen LogP contribution in [0.15, 0.2) is 12.7 Å². The summed E-state index contributed by atoms with van der Waals surface area (Å²) >= 11 is 0. The molecule has 0 aromatic rings. The van der Waals surface area contributed by atoms with Crippen LogP contribution in [-0.4, -0.2) is 137 Å². The number of halogens is 2. The highest BCUT2D eigenvalue weighted by molar-refractivity contribution is 5.87. The number of urea groups is 1. The fourth-order valence-corrected chi connectivity index (χ4v) is 9.44. The molecule has 0 spiro atoms. The van der Waals surface area contributed by atoms with E-state index in [0.29, 0.717) is 51.9 Å². The minimum Gasteiger partial charge on any atom is -0.390 e. The molecule has 1 aliphatic carbocycles. The predicted octanol–water partition coefficient (Wildman–Crippen LogP) is 0.960. The molecule has 45 heavy (non-hydrogen) atoms. The molecular weight excluding hydrogens is 586 g/mol. The number of piperazine rings is 1. The Labute approximate surface area is 265 Å². The van der Waals surface area contributed by atoms with Crippen LogP contribution in [0, 0.1) is 23.7 Å². The van der Waals surface area contributed by atoms with E-state index in [2.05, 4.69) is 41.3 Å². The molecule has 0 aromatic heterocycles. The number of amides is 3. The van der Waals surface area contributed by atoms with Gasteiger partial charge in [-0.2, -0.15) is 0 Å². The average molecular weight is 639 g/mol. The van der Waals surface area contributed by atoms with Gasteiger partial charge in [-0.05, 0) is 57.6 Å². The third-order valence-electron chi connectivity index (χ3n) is 11.6. The molecule has 0 radical (unpaired) electrons. The Hall–Kier alpha value is -1.90. The van der Waals surface area contributed by atoms with E-state index in [1.807, 2.05) is 6.92 Å². The summed E-state index contributed by atoms with van der Waals surface area (Å²) in [6.45, 7) is 11.6. The molecule has 11 nitrogen and oxygen atoms in total. The van der Waals surface area contributed by atoms with Gasteiger partial charge >= 0.3 is 6.03 Å². The van der Waals surface area contributed by atoms with E-state index < -0.39 is 72.8 Å². The number of carbonyl (C=O) groups excluding carboxylic acids is 2. The van der Waals surface area contributed by atoms with Crippen LogP contribution in [0.3, 0.4) is 0 Å². The highest BCUT2D eigenvalue weighted by atomic mass is 19.1. The number of nitrogens with zero attached hydrogens (tertiary/aromatic N) is 3. The maximum absolute atomic E-state index is 16.5. The minimum atomic E-state index is -1.39. The van der Waals surface area contributed by atoms with Crippen molar-refractivity contribution in [2.75, 3.05) is 32.8 Å². The maximum Gasteiger partial charge on any atom is 0.320 e. The molecule has 5 heterocycles. The lowest BCUT2D eigenvalue weighted by Gasteiger charge is -2.60. The Morgan fingerprint density at radius 3 is 2.60 bits per heavy atom. The van der Waals surface area contributed by atoms with Gasteiger partial charge in [0.05, 0.1) is 37.2 Å². The van der Waals surface area contributed by atoms with Crippen LogP contribution in [-0.2, 0) is 9.53 Å². The van der Waals surface area contributed by atoms with Crippen LogP contribution < -0.4 is 16.0 Å². The van der Waals surface area contributed by atoms with Gasteiger partial charge in [-0.25, -0.2) is 13.6 Å². The van der Waals surface area contributed by atoms with E-state index in [0.717, 1.165) is 0 Å². The lowest BCUT2D eigenvalue weighted by Crippen LogP contribution is -2.80. The zero-order chi connectivity index (χ0) is 32.2. The summed E-state index contributed by atoms with van der Waals surface area (Å²) in [5.41, 5.74) is 0. The molecular formula is C32H52F2N6O5. The smallest absolute Gasteiger partial charge is 0.320 e. The second kappa shape index (κ2) is 13.3. The summed E-state index contributed by atoms with van der Waals surface area (Å²) in [5, 5.41) is 33.1. The first kappa shape index (κ1) is 33.0. The minimum absolute atomic E-state index is 0.0806. The number of aliphatic hydroxyl groups excluding tert-OH is 2. The van der Waals surface area contributed by atoms with Crippen LogP contribution in [0.25, 0.3) is 0 Å². The molecule has 6 fully saturated rings. The predicted molar refractivity (Wildman–Crippen MR) is 163 cm³/mol. The molecule has 5 aliphatic heterocycles. The second-order valence-corrected chi connectivity index (χ2v) is 14.6. The monoisotopic (exact) mass is 638 g/mol. The number of piperidine rings is 2. The number of hydrogen-bond donors (Lipinski definition) is 5. The van der Waals surface area contributed by atoms with Crippen LogP contribution in [0.1, 0.15) is 52.9 Å². The molecule has 13 heteroatoms. The van der Waals surface area contributed by atoms with Crippen molar-refractivity contribution in [1.29, 1.82) is 0 Å². The van der Waals surface area contributed by atoms with Crippen molar-refractivity contribution < 1.29 is 33.3 Å². The summed E-state index contributed by atoms with van der Waals surface area (Å²) in [5.74, 6) is -1.73. The molecule has 5 N–H and O–H groups in total. The number of nitrogens with one attached hydrogen (secondary N) is 3. The molecule has 2 bridgehead atoms. The number of ether oxygens (including phenoxy) is 1. The first-order chi connectivity index (χ1) is 21.5. The lowest BCUT2D eigenvalue weighted by molar-refractivity contribution is -0.156. The van der Waals surface area contributed by atoms with Crippen molar-refractivity contribution in [3.05, 3.63) is 12.7 Å². The van der Waals surface area contributed by atoms with Gasteiger partial charge in [0.1, 0.15) is 18.4 Å². The largest absolute Gasteiger partial charge is 0.390 e. The summed E-state index contributed by atoms with van der Waals surface area (Å²) in [4.78, 5) is 32.5. The molecule has 254 valence electrons. The van der Waals surface area contributed by atoms with Crippen molar-refractivity contribution in [2.24, 2.45) is 23.7 Å². The van der Waals surface area contributed by atoms with Gasteiger partial charge in [0, 0.05) is 55.5 Å². The number of hydrogen-bond acceptors (Lipinski definition) is 8. The van der Waals surface area contributed by atoms with Crippen molar-refractivity contribution in [3.63, 3.8) is 0 Å². The number of rotatable bonds is 3. The van der Waals surface area contributed by atoms with Gasteiger partial charge < -0.3 is 35.4 Å². The molecule has 13 unspecified atom stereocenters. The zero-order valence-corrected chi connectivity index (χ0v) is 26.7. The Kier molecular flexibility index (Phi) is 9.76. The average Bonchev–Trinajstić information content (AvgIpc) is 3.02. The van der Waals surface area contributed by atoms with Crippen molar-refractivity contribution in [3.8, 4) is 0 Å². The fourth-order valence-electron chi connectivity index (χ4n) is 9.44. The number of alkyl halides is 2. The van der Waals surface area contributed by atoms with Gasteiger partial charge in [-0.15, -0.1) is 0 Å². The van der Waals surface area contributed by atoms with Gasteiger partial charge in [0.15, 0.2) is 0 Å². The molecule has 6 rings (SSSR count). The first-order valence-corrected chi connectivity index (χ1v) is 17.0. The fraction of sp³-hybridized carbons (Fsp3) is 0.875. The van der Waals surface area contributed by atoms with Crippen LogP contribution in [0.2, 0.25) is 0 Å². The van der Waals surface area contributed by atoms with E-state index in [4.69, 9.17) is 4.74 Å². The van der Waals surface area contributed by atoms with Crippen molar-refractivity contribution in [2.45, 2.75) is 120 Å². The Balaban J connectivity index is 1.41. The second-order valence-electron chi connectivity index (χ2n) is 14.6. The topological polar surface area (TPSA) is 130 Å². The van der Waals surface area contributed by atoms with Crippen molar-refractivity contribution >= 4 is 11.9 Å². The standard InChI is InChI=1S/C32H52F2N6O5/c1-5-24(42)38-11-12-39(17(4)14-38)30-19-13-21(34)27-25-20(33)7-6-8-23(25)45-15-22(41)29(43)18-9-10-35-26(16(2)3)28(18)40(31(19)36-27)32(44)37-30/h5,16-23,25-31,35-36,41,43H,1,6-15H2,2-4H3,(H,37,44)/t17-,18?,19?,20?,21?,22?,23?,25?,26?,27?,28?,29?,30?,31?/m0/s1. The molecule has 14 atom stereocenters. The normalized spacial score (nSPS) is 46.3. The van der Waals surface area contributed by atoms with E-state index >= 15 is 8.78 Å². The third-order valence-corrected chi connectivity index (χ3v) is 11.6. The van der Waals surface area contributed by atoms with E-state index in [9.17, 15) is 19.8 Å². The number of aliphatic hydroxyl groups is 2. The SMILES string of the molecule is C=CC(=O)N1CCN(C2NC(=O)N3C4NC(C(F)CC42)C2C(F)CCCC2OCC(O)C(O)C2CCNC(C(C)C)C23)[C@@H](C)C1. The van der Waals surface area contributed by atoms with Gasteiger partial charge in [-0.3, -0.25) is 15.0 Å². The van der Waals surface area contributed by atoms with E-state index in [1.165, 1.54) is 6.08 Å². The highest BCUT2D eigenvalue weighted by Crippen LogP contribution is 2.43. The molecule has 3 amide bonds. The molecule has 5 saturated heterocycles. The Morgan fingerprint density at radius 1 is 1.11 bits per heavy atom. The first-order valence-electron chi connectivity index (χ1n) is 17.0. The van der Waals surface area contributed by atoms with E-state index in [1.54, 1.807) is 9.80 Å². The summed E-state index contributed by atoms with van der Waals surface area (Å²) in [6.07, 6.45) is -3.50. The highest BCUT2D eigenvalue weighted by Gasteiger charge is 2.58. The van der Waals surface area contributed by atoms with Crippen LogP contribution in [0.5, 0.6) is 0 Å². The lowest BCUT2D eigenvalue weighted by atomic mass is 9.71. The number of carbonyl (C=O) groups is 2. The molecule has 6 aliphatic rings. The van der Waals surface area contributed by atoms with E-state index in [-0.39, 0.29) is 43.0 Å². The summed E-state index contributed by atoms with van der Waals surface area (Å²) in [6, 6.07) is -2.06. The molecule has 1 saturated carbocycles. The Bertz CT molecular complexity index is 1100. The van der Waals surface area contributed by atoms with Crippen molar-refractivity contribution in [1.82, 2.24) is 30.7 Å². The molecule has 0 aromatic carbocycles. The maximum atomic E-state index is 16.5. The van der Waals surface area contributed by atoms with Gasteiger partial charge in [0.2, 0.25) is 5.91 Å². The van der Waals surface area contributed by atoms with Gasteiger partial charge in [0.25, 0.3) is 0 Å². The Morgan fingerprint density at radius 2 is 1.89 bits per heavy atom. The van der Waals surface area contributed by atoms with Crippen LogP contribution in [0.4, 0.5) is 13.6 Å². The van der Waals surface area contributed by atoms with Gasteiger partial charge in [-0.1, -0.05) is 20.4 Å². The quantitative estimate of drug-likeness (QED) is 0.289. The zero-order valence-electron chi connectivity index (χ0n) is 26.7. The summed E-state index contributed by atoms with van der Waals surface area (Å²) < 4.78 is 38.5. The third kappa shape index (κ3) is 6.01. The summed E-state index contributed by atoms with van der Waals surface area (Å²) in [7, 11) is 0. The number of fused-ring (bicyclic) bond motifs is 5. The van der Waals surface area contributed by atoms with Crippen LogP contribution >= 0.6 is 0 Å².